The molecule has 0 spiro atoms. The van der Waals surface area contributed by atoms with Crippen molar-refractivity contribution in [1.82, 2.24) is 0 Å². The fraction of sp³-hybridized carbons (Fsp3) is 0.429. The molecule has 23 heavy (non-hydrogen) atoms. The Morgan fingerprint density at radius 3 is 1.87 bits per heavy atom. The predicted molar refractivity (Wildman–Crippen MR) is 88.3 cm³/mol. The van der Waals surface area contributed by atoms with Crippen LogP contribution in [-0.4, -0.2) is 34.3 Å². The van der Waals surface area contributed by atoms with E-state index in [4.69, 9.17) is 22.6 Å². The lowest BCUT2D eigenvalue weighted by atomic mass is 10.1. The summed E-state index contributed by atoms with van der Waals surface area (Å²) in [5.41, 5.74) is 1.95. The van der Waals surface area contributed by atoms with Gasteiger partial charge in [-0.3, -0.25) is 18.1 Å². The first kappa shape index (κ1) is 20.3. The van der Waals surface area contributed by atoms with Crippen molar-refractivity contribution in [2.45, 2.75) is 12.8 Å². The van der Waals surface area contributed by atoms with Crippen LogP contribution in [0, 0.1) is 6.92 Å². The quantitative estimate of drug-likeness (QED) is 0.606. The lowest BCUT2D eigenvalue weighted by Gasteiger charge is -2.24. The second-order valence-corrected chi connectivity index (χ2v) is 8.64. The summed E-state index contributed by atoms with van der Waals surface area (Å²) in [6.07, 6.45) is 3.09. The summed E-state index contributed by atoms with van der Waals surface area (Å²) in [5, 5.41) is 0. The maximum Gasteiger partial charge on any atom is 0.475 e. The summed E-state index contributed by atoms with van der Waals surface area (Å²) >= 11 is 0. The zero-order valence-corrected chi connectivity index (χ0v) is 15.6. The topological polar surface area (TPSA) is 80.3 Å². The van der Waals surface area contributed by atoms with E-state index in [2.05, 4.69) is 0 Å². The number of phosphoric acid groups is 1. The van der Waals surface area contributed by atoms with Gasteiger partial charge in [0.25, 0.3) is 0 Å². The van der Waals surface area contributed by atoms with Gasteiger partial charge >= 0.3 is 15.4 Å². The van der Waals surface area contributed by atoms with Crippen LogP contribution in [-0.2, 0) is 31.7 Å². The highest BCUT2D eigenvalue weighted by Gasteiger charge is 2.40. The van der Waals surface area contributed by atoms with Gasteiger partial charge in [-0.1, -0.05) is 35.9 Å². The molecule has 1 unspecified atom stereocenters. The fourth-order valence-electron chi connectivity index (χ4n) is 1.64. The third-order valence-electron chi connectivity index (χ3n) is 3.04. The van der Waals surface area contributed by atoms with Crippen molar-refractivity contribution >= 4 is 21.5 Å². The molecule has 0 radical (unpaired) electrons. The summed E-state index contributed by atoms with van der Waals surface area (Å²) < 4.78 is 49.2. The molecule has 1 aromatic rings. The Morgan fingerprint density at radius 1 is 0.913 bits per heavy atom. The Hall–Kier alpha value is -0.780. The minimum Gasteiger partial charge on any atom is -0.310 e. The molecule has 1 rings (SSSR count). The zero-order valence-electron chi connectivity index (χ0n) is 13.8. The Morgan fingerprint density at radius 2 is 1.43 bits per heavy atom. The number of hydrogen-bond acceptors (Lipinski definition) is 7. The van der Waals surface area contributed by atoms with Crippen LogP contribution < -0.4 is 0 Å². The van der Waals surface area contributed by atoms with Crippen LogP contribution in [0.4, 0.5) is 0 Å². The van der Waals surface area contributed by atoms with Gasteiger partial charge in [0.1, 0.15) is 0 Å². The van der Waals surface area contributed by atoms with E-state index in [0.29, 0.717) is 0 Å². The number of phosphoric ester groups is 1. The highest BCUT2D eigenvalue weighted by Crippen LogP contribution is 2.60. The van der Waals surface area contributed by atoms with E-state index in [9.17, 15) is 9.13 Å². The van der Waals surface area contributed by atoms with E-state index in [0.717, 1.165) is 25.3 Å². The molecule has 0 saturated carbocycles. The first-order chi connectivity index (χ1) is 10.8. The van der Waals surface area contributed by atoms with Gasteiger partial charge in [0.05, 0.1) is 0 Å². The summed E-state index contributed by atoms with van der Waals surface area (Å²) in [6, 6.07) is 7.60. The molecule has 9 heteroatoms. The van der Waals surface area contributed by atoms with Gasteiger partial charge in [0, 0.05) is 28.4 Å². The molecule has 0 heterocycles. The van der Waals surface area contributed by atoms with Gasteiger partial charge in [-0.2, -0.15) is 0 Å². The average molecular weight is 364 g/mol. The summed E-state index contributed by atoms with van der Waals surface area (Å²) in [5.74, 6) is -1.26. The second-order valence-electron chi connectivity index (χ2n) is 4.48. The molecule has 0 fully saturated rings. The van der Waals surface area contributed by atoms with E-state index < -0.39 is 21.3 Å². The van der Waals surface area contributed by atoms with Crippen molar-refractivity contribution in [3.8, 4) is 0 Å². The van der Waals surface area contributed by atoms with E-state index in [1.807, 2.05) is 31.2 Å². The molecule has 130 valence electrons. The van der Waals surface area contributed by atoms with Crippen molar-refractivity contribution in [2.75, 3.05) is 28.4 Å². The van der Waals surface area contributed by atoms with Crippen LogP contribution in [0.5, 0.6) is 0 Å². The lowest BCUT2D eigenvalue weighted by Crippen LogP contribution is -2.13. The Balaban J connectivity index is 3.11. The normalized spacial score (nSPS) is 14.3. The maximum atomic E-state index is 12.6. The second kappa shape index (κ2) is 8.90. The first-order valence-corrected chi connectivity index (χ1v) is 9.75. The molecular formula is C14H22O7P2. The molecule has 0 aliphatic heterocycles. The minimum absolute atomic E-state index is 0.840. The molecule has 1 atom stereocenters. The lowest BCUT2D eigenvalue weighted by molar-refractivity contribution is 0.133. The number of rotatable bonds is 9. The molecular weight excluding hydrogens is 342 g/mol. The van der Waals surface area contributed by atoms with Crippen molar-refractivity contribution < 1.29 is 31.7 Å². The average Bonchev–Trinajstić information content (AvgIpc) is 2.59. The zero-order chi connectivity index (χ0) is 17.5. The molecule has 0 aliphatic carbocycles. The van der Waals surface area contributed by atoms with Gasteiger partial charge in [0.15, 0.2) is 5.85 Å². The summed E-state index contributed by atoms with van der Waals surface area (Å²) in [6.45, 7) is 1.97. The molecule has 0 aromatic heterocycles. The van der Waals surface area contributed by atoms with E-state index in [1.54, 1.807) is 6.08 Å². The van der Waals surface area contributed by atoms with Crippen LogP contribution in [0.15, 0.2) is 30.3 Å². The third kappa shape index (κ3) is 5.66. The highest BCUT2D eigenvalue weighted by atomic mass is 31.2. The molecule has 0 bridgehead atoms. The van der Waals surface area contributed by atoms with E-state index in [1.165, 1.54) is 20.3 Å². The standard InChI is InChI=1S/C14H22O7P2/c1-12-6-8-13(9-7-12)10-11-14(22(15,17-2)18-3)21-23(16,19-4)20-5/h6-11,14H,1-5H3/b11-10+. The van der Waals surface area contributed by atoms with Crippen LogP contribution in [0.1, 0.15) is 11.1 Å². The minimum atomic E-state index is -3.87. The molecule has 0 aliphatic rings. The van der Waals surface area contributed by atoms with Crippen LogP contribution in [0.3, 0.4) is 0 Å². The SMILES string of the molecule is COP(=O)(OC)OC(/C=C/c1ccc(C)cc1)P(=O)(OC)OC. The largest absolute Gasteiger partial charge is 0.475 e. The fourth-order valence-corrected chi connectivity index (χ4v) is 3.97. The summed E-state index contributed by atoms with van der Waals surface area (Å²) in [7, 11) is -2.82. The molecule has 7 nitrogen and oxygen atoms in total. The molecule has 1 aromatic carbocycles. The van der Waals surface area contributed by atoms with Gasteiger partial charge < -0.3 is 9.05 Å². The van der Waals surface area contributed by atoms with Crippen LogP contribution in [0.2, 0.25) is 0 Å². The predicted octanol–water partition coefficient (Wildman–Crippen LogP) is 4.24. The Kier molecular flexibility index (Phi) is 7.84. The smallest absolute Gasteiger partial charge is 0.310 e. The first-order valence-electron chi connectivity index (χ1n) is 6.68. The number of hydrogen-bond donors (Lipinski definition) is 0. The monoisotopic (exact) mass is 364 g/mol. The van der Waals surface area contributed by atoms with Crippen molar-refractivity contribution in [2.24, 2.45) is 0 Å². The van der Waals surface area contributed by atoms with Crippen molar-refractivity contribution in [3.05, 3.63) is 41.5 Å². The third-order valence-corrected chi connectivity index (χ3v) is 6.50. The molecule has 0 amide bonds. The van der Waals surface area contributed by atoms with E-state index in [-0.39, 0.29) is 0 Å². The molecule has 0 saturated heterocycles. The Bertz CT molecular complexity index is 596. The van der Waals surface area contributed by atoms with Gasteiger partial charge in [-0.15, -0.1) is 0 Å². The van der Waals surface area contributed by atoms with Crippen molar-refractivity contribution in [1.29, 1.82) is 0 Å². The highest BCUT2D eigenvalue weighted by molar-refractivity contribution is 7.56. The number of aryl methyl sites for hydroxylation is 1. The van der Waals surface area contributed by atoms with Crippen LogP contribution in [0.25, 0.3) is 6.08 Å². The maximum absolute atomic E-state index is 12.6. The number of benzene rings is 1. The van der Waals surface area contributed by atoms with Gasteiger partial charge in [0.2, 0.25) is 0 Å². The van der Waals surface area contributed by atoms with Gasteiger partial charge in [-0.05, 0) is 18.6 Å². The molecule has 0 N–H and O–H groups in total. The Labute approximate surface area is 136 Å². The van der Waals surface area contributed by atoms with E-state index >= 15 is 0 Å². The van der Waals surface area contributed by atoms with Crippen LogP contribution >= 0.6 is 15.4 Å². The van der Waals surface area contributed by atoms with Crippen molar-refractivity contribution in [3.63, 3.8) is 0 Å². The summed E-state index contributed by atoms with van der Waals surface area (Å²) in [4.78, 5) is 0. The van der Waals surface area contributed by atoms with Gasteiger partial charge in [-0.25, -0.2) is 4.57 Å².